The van der Waals surface area contributed by atoms with Crippen LogP contribution in [-0.2, 0) is 0 Å². The number of fused-ring (bicyclic) bond motifs is 1. The summed E-state index contributed by atoms with van der Waals surface area (Å²) in [5, 5.41) is 15.7. The molecule has 8 rings (SSSR count). The predicted molar refractivity (Wildman–Crippen MR) is 216 cm³/mol. The van der Waals surface area contributed by atoms with E-state index in [1.165, 1.54) is 49.9 Å². The summed E-state index contributed by atoms with van der Waals surface area (Å²) in [6.07, 6.45) is 10.9. The van der Waals surface area contributed by atoms with Gasteiger partial charge in [0.05, 0.1) is 16.7 Å². The van der Waals surface area contributed by atoms with Gasteiger partial charge in [0.1, 0.15) is 22.8 Å². The fourth-order valence-corrected chi connectivity index (χ4v) is 8.86. The molecule has 2 aliphatic carbocycles. The first-order valence-electron chi connectivity index (χ1n) is 18.5. The van der Waals surface area contributed by atoms with E-state index >= 15 is 0 Å². The quantitative estimate of drug-likeness (QED) is 0.0682. The van der Waals surface area contributed by atoms with Gasteiger partial charge in [-0.2, -0.15) is 0 Å². The minimum Gasteiger partial charge on any atom is -0.455 e. The van der Waals surface area contributed by atoms with Crippen molar-refractivity contribution in [1.29, 1.82) is 0 Å². The number of rotatable bonds is 11. The molecule has 3 N–H and O–H groups in total. The topological polar surface area (TPSA) is 129 Å². The zero-order valence-corrected chi connectivity index (χ0v) is 31.9. The Morgan fingerprint density at radius 3 is 2.60 bits per heavy atom. The molecule has 0 unspecified atom stereocenters. The average Bonchev–Trinajstić information content (AvgIpc) is 3.65. The Bertz CT molecular complexity index is 2290. The van der Waals surface area contributed by atoms with Gasteiger partial charge in [-0.1, -0.05) is 35.7 Å². The fraction of sp³-hybridized carbons (Fsp3) is 0.317. The number of nitro groups is 1. The summed E-state index contributed by atoms with van der Waals surface area (Å²) in [6, 6.07) is 19.9. The van der Waals surface area contributed by atoms with Crippen LogP contribution in [0.5, 0.6) is 11.5 Å². The molecule has 1 aliphatic heterocycles. The monoisotopic (exact) mass is 781 g/mol. The summed E-state index contributed by atoms with van der Waals surface area (Å²) in [5.74, 6) is -0.526. The number of ether oxygens (including phenoxy) is 1. The molecule has 1 amide bonds. The molecule has 0 atom stereocenters. The lowest BCUT2D eigenvalue weighted by Crippen LogP contribution is -2.47. The first-order chi connectivity index (χ1) is 26.7. The lowest BCUT2D eigenvalue weighted by atomic mass is 9.59. The van der Waals surface area contributed by atoms with Gasteiger partial charge >= 0.3 is 0 Å². The van der Waals surface area contributed by atoms with Crippen LogP contribution in [-0.4, -0.2) is 65.5 Å². The largest absolute Gasteiger partial charge is 0.455 e. The van der Waals surface area contributed by atoms with E-state index in [0.29, 0.717) is 22.6 Å². The summed E-state index contributed by atoms with van der Waals surface area (Å²) >= 11 is 7.05. The number of anilines is 2. The van der Waals surface area contributed by atoms with Crippen LogP contribution in [0.4, 0.5) is 21.5 Å². The number of benzene rings is 3. The standard InChI is InChI=1S/C41H41ClFN7O4S/c1-44-38-35(43)21-32(22-36(38)50(52)53)55-47-40(51)33-8-7-30(20-37(33)54-31-19-27-10-14-45-39(27)46-24-31)49-17-15-48(16-18-49)25-28-9-13-41(11-2-12-41)23-34(28)26-3-5-29(42)6-4-26/h3-8,10,14,19-22,24,44H,2,9,11-13,15-18,23,25H2,1H3,(H,45,46)(H,47,51). The Kier molecular flexibility index (Phi) is 10.4. The summed E-state index contributed by atoms with van der Waals surface area (Å²) in [5.41, 5.74) is 6.03. The minimum atomic E-state index is -0.797. The third-order valence-electron chi connectivity index (χ3n) is 11.3. The molecule has 0 bridgehead atoms. The number of piperazine rings is 1. The Morgan fingerprint density at radius 2 is 1.87 bits per heavy atom. The van der Waals surface area contributed by atoms with Gasteiger partial charge in [-0.15, -0.1) is 0 Å². The molecule has 1 saturated heterocycles. The third-order valence-corrected chi connectivity index (χ3v) is 12.3. The number of nitro benzene ring substituents is 1. The molecule has 5 aromatic rings. The number of aromatic nitrogens is 2. The number of hydrogen-bond acceptors (Lipinski definition) is 9. The molecule has 1 spiro atoms. The molecule has 14 heteroatoms. The fourth-order valence-electron chi connectivity index (χ4n) is 8.09. The van der Waals surface area contributed by atoms with Crippen molar-refractivity contribution in [2.75, 3.05) is 50.0 Å². The molecule has 55 heavy (non-hydrogen) atoms. The normalized spacial score (nSPS) is 17.0. The number of carbonyl (C=O) groups is 1. The highest BCUT2D eigenvalue weighted by molar-refractivity contribution is 7.98. The number of nitrogens with one attached hydrogen (secondary N) is 3. The van der Waals surface area contributed by atoms with Crippen molar-refractivity contribution in [2.45, 2.75) is 43.4 Å². The number of allylic oxidation sites excluding steroid dienone is 1. The highest BCUT2D eigenvalue weighted by Crippen LogP contribution is 2.55. The van der Waals surface area contributed by atoms with Gasteiger partial charge in [0.15, 0.2) is 5.82 Å². The second-order valence-corrected chi connectivity index (χ2v) is 15.9. The highest BCUT2D eigenvalue weighted by Gasteiger charge is 2.41. The second kappa shape index (κ2) is 15.6. The molecule has 284 valence electrons. The van der Waals surface area contributed by atoms with Crippen LogP contribution in [0.3, 0.4) is 0 Å². The summed E-state index contributed by atoms with van der Waals surface area (Å²) in [7, 11) is 1.41. The van der Waals surface area contributed by atoms with E-state index in [9.17, 15) is 19.3 Å². The number of aromatic amines is 1. The number of H-pyrrole nitrogens is 1. The molecule has 2 fully saturated rings. The van der Waals surface area contributed by atoms with Gasteiger partial charge in [-0.05, 0) is 103 Å². The van der Waals surface area contributed by atoms with Crippen LogP contribution in [0.15, 0.2) is 89.6 Å². The van der Waals surface area contributed by atoms with Crippen LogP contribution in [0.2, 0.25) is 5.02 Å². The Morgan fingerprint density at radius 1 is 1.07 bits per heavy atom. The van der Waals surface area contributed by atoms with Crippen molar-refractivity contribution < 1.29 is 18.8 Å². The molecule has 3 heterocycles. The van der Waals surface area contributed by atoms with Gasteiger partial charge in [0.2, 0.25) is 0 Å². The number of carbonyl (C=O) groups excluding carboxylic acids is 1. The molecule has 11 nitrogen and oxygen atoms in total. The van der Waals surface area contributed by atoms with E-state index in [0.717, 1.165) is 79.7 Å². The lowest BCUT2D eigenvalue weighted by molar-refractivity contribution is -0.384. The first-order valence-corrected chi connectivity index (χ1v) is 19.7. The third kappa shape index (κ3) is 7.87. The summed E-state index contributed by atoms with van der Waals surface area (Å²) in [4.78, 5) is 37.1. The van der Waals surface area contributed by atoms with Gasteiger partial charge in [0.25, 0.3) is 11.6 Å². The smallest absolute Gasteiger partial charge is 0.296 e. The SMILES string of the molecule is CNc1c(F)cc(SNC(=O)c2ccc(N3CCN(CC4=C(c5ccc(Cl)cc5)CC5(CCC5)CC4)CC3)cc2Oc2cnc3[nH]ccc3c2)cc1[N+](=O)[O-]. The van der Waals surface area contributed by atoms with Crippen LogP contribution in [0.25, 0.3) is 16.6 Å². The van der Waals surface area contributed by atoms with E-state index in [4.69, 9.17) is 16.3 Å². The van der Waals surface area contributed by atoms with Gasteiger partial charge in [-0.3, -0.25) is 24.5 Å². The van der Waals surface area contributed by atoms with Crippen LogP contribution >= 0.6 is 23.5 Å². The molecule has 3 aliphatic rings. The Balaban J connectivity index is 0.998. The molecule has 0 radical (unpaired) electrons. The lowest BCUT2D eigenvalue weighted by Gasteiger charge is -2.47. The molecule has 3 aromatic carbocycles. The van der Waals surface area contributed by atoms with Crippen molar-refractivity contribution in [3.05, 3.63) is 117 Å². The summed E-state index contributed by atoms with van der Waals surface area (Å²) in [6.45, 7) is 4.34. The molecule has 2 aromatic heterocycles. The highest BCUT2D eigenvalue weighted by atomic mass is 35.5. The number of hydrogen-bond donors (Lipinski definition) is 3. The van der Waals surface area contributed by atoms with Crippen LogP contribution < -0.4 is 19.7 Å². The van der Waals surface area contributed by atoms with Gasteiger partial charge in [0, 0.05) is 79.1 Å². The number of amides is 1. The van der Waals surface area contributed by atoms with Gasteiger partial charge < -0.3 is 19.9 Å². The van der Waals surface area contributed by atoms with Crippen molar-refractivity contribution in [1.82, 2.24) is 19.6 Å². The average molecular weight is 782 g/mol. The Labute approximate surface area is 327 Å². The van der Waals surface area contributed by atoms with Crippen molar-refractivity contribution in [2.24, 2.45) is 5.41 Å². The maximum Gasteiger partial charge on any atom is 0.296 e. The maximum atomic E-state index is 14.7. The predicted octanol–water partition coefficient (Wildman–Crippen LogP) is 9.46. The Hall–Kier alpha value is -5.11. The number of pyridine rings is 1. The zero-order chi connectivity index (χ0) is 38.1. The van der Waals surface area contributed by atoms with Crippen LogP contribution in [0, 0.1) is 21.3 Å². The number of halogens is 2. The zero-order valence-electron chi connectivity index (χ0n) is 30.4. The molecular formula is C41H41ClFN7O4S. The molecular weight excluding hydrogens is 741 g/mol. The van der Waals surface area contributed by atoms with E-state index in [1.54, 1.807) is 24.0 Å². The van der Waals surface area contributed by atoms with E-state index < -0.39 is 22.3 Å². The maximum absolute atomic E-state index is 14.7. The van der Waals surface area contributed by atoms with Crippen molar-refractivity contribution in [3.8, 4) is 11.5 Å². The van der Waals surface area contributed by atoms with E-state index in [1.807, 2.05) is 36.4 Å². The van der Waals surface area contributed by atoms with Crippen molar-refractivity contribution >= 4 is 63.1 Å². The summed E-state index contributed by atoms with van der Waals surface area (Å²) < 4.78 is 23.7. The van der Waals surface area contributed by atoms with E-state index in [2.05, 4.69) is 41.9 Å². The first kappa shape index (κ1) is 36.8. The van der Waals surface area contributed by atoms with Crippen molar-refractivity contribution in [3.63, 3.8) is 0 Å². The van der Waals surface area contributed by atoms with E-state index in [-0.39, 0.29) is 16.1 Å². The molecule has 1 saturated carbocycles. The minimum absolute atomic E-state index is 0.169. The number of nitrogens with zero attached hydrogens (tertiary/aromatic N) is 4. The second-order valence-electron chi connectivity index (χ2n) is 14.6. The van der Waals surface area contributed by atoms with Crippen LogP contribution in [0.1, 0.15) is 54.4 Å². The van der Waals surface area contributed by atoms with Gasteiger partial charge in [-0.25, -0.2) is 9.37 Å².